The molecule has 16 heavy (non-hydrogen) atoms. The molecule has 2 atom stereocenters. The second kappa shape index (κ2) is 5.28. The average molecular weight is 242 g/mol. The second-order valence-electron chi connectivity index (χ2n) is 5.82. The van der Waals surface area contributed by atoms with Crippen molar-refractivity contribution in [3.8, 4) is 0 Å². The summed E-state index contributed by atoms with van der Waals surface area (Å²) in [5.74, 6) is 3.51. The summed E-state index contributed by atoms with van der Waals surface area (Å²) in [5.41, 5.74) is 6.33. The van der Waals surface area contributed by atoms with E-state index in [1.807, 2.05) is 0 Å². The molecule has 1 saturated heterocycles. The SMILES string of the molecule is CC1CSCCN1C(C)(CN)CC1CCC1. The molecule has 2 rings (SSSR count). The van der Waals surface area contributed by atoms with Gasteiger partial charge in [-0.1, -0.05) is 19.3 Å². The van der Waals surface area contributed by atoms with Gasteiger partial charge in [-0.3, -0.25) is 4.90 Å². The molecule has 2 unspecified atom stereocenters. The van der Waals surface area contributed by atoms with Crippen molar-refractivity contribution in [3.63, 3.8) is 0 Å². The Balaban J connectivity index is 1.99. The fraction of sp³-hybridized carbons (Fsp3) is 1.00. The highest BCUT2D eigenvalue weighted by molar-refractivity contribution is 7.99. The van der Waals surface area contributed by atoms with Gasteiger partial charge in [-0.05, 0) is 26.2 Å². The third-order valence-electron chi connectivity index (χ3n) is 4.45. The lowest BCUT2D eigenvalue weighted by Gasteiger charge is -2.49. The van der Waals surface area contributed by atoms with Gasteiger partial charge in [-0.25, -0.2) is 0 Å². The first-order chi connectivity index (χ1) is 7.65. The van der Waals surface area contributed by atoms with Crippen LogP contribution in [0.3, 0.4) is 0 Å². The van der Waals surface area contributed by atoms with E-state index in [4.69, 9.17) is 5.73 Å². The lowest BCUT2D eigenvalue weighted by Crippen LogP contribution is -2.59. The van der Waals surface area contributed by atoms with Gasteiger partial charge in [0.1, 0.15) is 0 Å². The minimum Gasteiger partial charge on any atom is -0.329 e. The molecule has 0 radical (unpaired) electrons. The van der Waals surface area contributed by atoms with Gasteiger partial charge in [-0.2, -0.15) is 11.8 Å². The van der Waals surface area contributed by atoms with Crippen LogP contribution in [0.15, 0.2) is 0 Å². The molecule has 94 valence electrons. The van der Waals surface area contributed by atoms with Crippen LogP contribution in [0.25, 0.3) is 0 Å². The van der Waals surface area contributed by atoms with Gasteiger partial charge in [0, 0.05) is 36.2 Å². The molecule has 0 bridgehead atoms. The quantitative estimate of drug-likeness (QED) is 0.820. The lowest BCUT2D eigenvalue weighted by atomic mass is 9.75. The number of rotatable bonds is 4. The summed E-state index contributed by atoms with van der Waals surface area (Å²) in [6.45, 7) is 6.80. The van der Waals surface area contributed by atoms with Gasteiger partial charge < -0.3 is 5.73 Å². The monoisotopic (exact) mass is 242 g/mol. The van der Waals surface area contributed by atoms with Crippen LogP contribution in [0.4, 0.5) is 0 Å². The van der Waals surface area contributed by atoms with Crippen molar-refractivity contribution in [1.82, 2.24) is 4.90 Å². The Morgan fingerprint density at radius 1 is 1.44 bits per heavy atom. The summed E-state index contributed by atoms with van der Waals surface area (Å²) in [6.07, 6.45) is 5.63. The maximum absolute atomic E-state index is 6.08. The van der Waals surface area contributed by atoms with E-state index in [0.29, 0.717) is 6.04 Å². The van der Waals surface area contributed by atoms with Gasteiger partial charge in [-0.15, -0.1) is 0 Å². The first kappa shape index (κ1) is 12.7. The number of nitrogens with two attached hydrogens (primary N) is 1. The molecule has 0 aromatic rings. The molecular formula is C13H26N2S. The van der Waals surface area contributed by atoms with Gasteiger partial charge in [0.15, 0.2) is 0 Å². The van der Waals surface area contributed by atoms with Crippen LogP contribution >= 0.6 is 11.8 Å². The van der Waals surface area contributed by atoms with Crippen molar-refractivity contribution in [2.24, 2.45) is 11.7 Å². The fourth-order valence-electron chi connectivity index (χ4n) is 3.17. The lowest BCUT2D eigenvalue weighted by molar-refractivity contribution is 0.0465. The molecule has 0 aromatic carbocycles. The molecule has 1 saturated carbocycles. The first-order valence-electron chi connectivity index (χ1n) is 6.70. The zero-order valence-electron chi connectivity index (χ0n) is 10.7. The maximum atomic E-state index is 6.08. The Hall–Kier alpha value is 0.270. The Bertz CT molecular complexity index is 230. The van der Waals surface area contributed by atoms with Crippen LogP contribution in [0.5, 0.6) is 0 Å². The van der Waals surface area contributed by atoms with E-state index >= 15 is 0 Å². The number of hydrogen-bond donors (Lipinski definition) is 1. The van der Waals surface area contributed by atoms with Gasteiger partial charge in [0.05, 0.1) is 0 Å². The van der Waals surface area contributed by atoms with E-state index in [1.54, 1.807) is 0 Å². The number of hydrogen-bond acceptors (Lipinski definition) is 3. The van der Waals surface area contributed by atoms with Crippen LogP contribution in [-0.4, -0.2) is 41.1 Å². The Kier molecular flexibility index (Phi) is 4.20. The molecule has 1 heterocycles. The van der Waals surface area contributed by atoms with Crippen LogP contribution in [0.2, 0.25) is 0 Å². The van der Waals surface area contributed by atoms with Gasteiger partial charge in [0.2, 0.25) is 0 Å². The van der Waals surface area contributed by atoms with Crippen molar-refractivity contribution >= 4 is 11.8 Å². The molecule has 2 fully saturated rings. The molecule has 0 amide bonds. The number of thioether (sulfide) groups is 1. The standard InChI is InChI=1S/C13H26N2S/c1-11-9-16-7-6-15(11)13(2,10-14)8-12-4-3-5-12/h11-12H,3-10,14H2,1-2H3. The minimum absolute atomic E-state index is 0.255. The van der Waals surface area contributed by atoms with Gasteiger partial charge in [0.25, 0.3) is 0 Å². The Morgan fingerprint density at radius 2 is 2.19 bits per heavy atom. The average Bonchev–Trinajstić information content (AvgIpc) is 2.24. The summed E-state index contributed by atoms with van der Waals surface area (Å²) in [7, 11) is 0. The predicted octanol–water partition coefficient (Wildman–Crippen LogP) is 2.33. The maximum Gasteiger partial charge on any atom is 0.0309 e. The van der Waals surface area contributed by atoms with E-state index in [9.17, 15) is 0 Å². The van der Waals surface area contributed by atoms with Crippen LogP contribution in [-0.2, 0) is 0 Å². The second-order valence-corrected chi connectivity index (χ2v) is 6.97. The smallest absolute Gasteiger partial charge is 0.0309 e. The van der Waals surface area contributed by atoms with Crippen LogP contribution < -0.4 is 5.73 Å². The van der Waals surface area contributed by atoms with Crippen molar-refractivity contribution in [2.75, 3.05) is 24.6 Å². The molecular weight excluding hydrogens is 216 g/mol. The molecule has 2 nitrogen and oxygen atoms in total. The molecule has 0 aromatic heterocycles. The topological polar surface area (TPSA) is 29.3 Å². The Morgan fingerprint density at radius 3 is 2.69 bits per heavy atom. The van der Waals surface area contributed by atoms with E-state index < -0.39 is 0 Å². The van der Waals surface area contributed by atoms with E-state index in [1.165, 1.54) is 43.7 Å². The normalized spacial score (nSPS) is 32.1. The molecule has 2 aliphatic rings. The summed E-state index contributed by atoms with van der Waals surface area (Å²) in [6, 6.07) is 0.701. The molecule has 3 heteroatoms. The summed E-state index contributed by atoms with van der Waals surface area (Å²) < 4.78 is 0. The zero-order valence-corrected chi connectivity index (χ0v) is 11.6. The predicted molar refractivity (Wildman–Crippen MR) is 72.9 cm³/mol. The van der Waals surface area contributed by atoms with E-state index in [0.717, 1.165) is 12.5 Å². The highest BCUT2D eigenvalue weighted by atomic mass is 32.2. The third-order valence-corrected chi connectivity index (χ3v) is 5.64. The molecule has 1 aliphatic heterocycles. The zero-order chi connectivity index (χ0) is 11.6. The van der Waals surface area contributed by atoms with Crippen molar-refractivity contribution in [2.45, 2.75) is 51.1 Å². The highest BCUT2D eigenvalue weighted by Crippen LogP contribution is 2.37. The van der Waals surface area contributed by atoms with Crippen molar-refractivity contribution in [1.29, 1.82) is 0 Å². The van der Waals surface area contributed by atoms with Gasteiger partial charge >= 0.3 is 0 Å². The van der Waals surface area contributed by atoms with Crippen molar-refractivity contribution in [3.05, 3.63) is 0 Å². The van der Waals surface area contributed by atoms with Crippen molar-refractivity contribution < 1.29 is 0 Å². The molecule has 1 aliphatic carbocycles. The highest BCUT2D eigenvalue weighted by Gasteiger charge is 2.38. The largest absolute Gasteiger partial charge is 0.329 e. The summed E-state index contributed by atoms with van der Waals surface area (Å²) >= 11 is 2.09. The molecule has 2 N–H and O–H groups in total. The summed E-state index contributed by atoms with van der Waals surface area (Å²) in [5, 5.41) is 0. The third kappa shape index (κ3) is 2.57. The summed E-state index contributed by atoms with van der Waals surface area (Å²) in [4.78, 5) is 2.68. The van der Waals surface area contributed by atoms with Crippen LogP contribution in [0.1, 0.15) is 39.5 Å². The first-order valence-corrected chi connectivity index (χ1v) is 7.86. The minimum atomic E-state index is 0.255. The Labute approximate surface area is 104 Å². The van der Waals surface area contributed by atoms with E-state index in [2.05, 4.69) is 30.5 Å². The molecule has 0 spiro atoms. The van der Waals surface area contributed by atoms with Crippen LogP contribution in [0, 0.1) is 5.92 Å². The van der Waals surface area contributed by atoms with E-state index in [-0.39, 0.29) is 5.54 Å². The fourth-order valence-corrected chi connectivity index (χ4v) is 4.18. The number of nitrogens with zero attached hydrogens (tertiary/aromatic N) is 1.